The Morgan fingerprint density at radius 2 is 2.50 bits per heavy atom. The van der Waals surface area contributed by atoms with Gasteiger partial charge in [-0.2, -0.15) is 0 Å². The lowest BCUT2D eigenvalue weighted by molar-refractivity contribution is -0.118. The van der Waals surface area contributed by atoms with Gasteiger partial charge in [0.15, 0.2) is 0 Å². The van der Waals surface area contributed by atoms with Gasteiger partial charge in [-0.05, 0) is 6.08 Å². The number of carbonyl (C=O) groups is 1. The molecule has 1 fully saturated rings. The van der Waals surface area contributed by atoms with E-state index in [2.05, 4.69) is 0 Å². The van der Waals surface area contributed by atoms with Gasteiger partial charge >= 0.3 is 0 Å². The highest BCUT2D eigenvalue weighted by Gasteiger charge is 2.12. The maximum atomic E-state index is 10.7. The first-order chi connectivity index (χ1) is 4.83. The fraction of sp³-hybridized carbons (Fsp3) is 0.571. The number of epoxide rings is 1. The molecule has 10 heavy (non-hydrogen) atoms. The summed E-state index contributed by atoms with van der Waals surface area (Å²) in [6.45, 7) is 0.620. The van der Waals surface area contributed by atoms with Crippen molar-refractivity contribution < 1.29 is 14.6 Å². The van der Waals surface area contributed by atoms with Gasteiger partial charge in [0.2, 0.25) is 0 Å². The van der Waals surface area contributed by atoms with Crippen LogP contribution in [0.5, 0.6) is 0 Å². The maximum absolute atomic E-state index is 10.7. The summed E-state index contributed by atoms with van der Waals surface area (Å²) in [6, 6.07) is 0. The normalized spacial score (nSPS) is 18.7. The number of ether oxygens (including phenoxy) is 1. The first-order valence-electron chi connectivity index (χ1n) is 3.27. The van der Waals surface area contributed by atoms with Crippen LogP contribution in [0.2, 0.25) is 0 Å². The van der Waals surface area contributed by atoms with E-state index in [1.165, 1.54) is 0 Å². The van der Waals surface area contributed by atoms with Crippen molar-refractivity contribution in [3.05, 3.63) is 11.8 Å². The van der Waals surface area contributed by atoms with Gasteiger partial charge in [-0.3, -0.25) is 4.79 Å². The number of hydrogen-bond acceptors (Lipinski definition) is 3. The van der Waals surface area contributed by atoms with E-state index < -0.39 is 0 Å². The molecule has 0 aromatic carbocycles. The molecule has 0 saturated carbocycles. The Hall–Kier alpha value is -0.830. The first-order valence-corrected chi connectivity index (χ1v) is 3.27. The standard InChI is InChI=1S/C7H10O3/c8-4-3-6(9)1-2-7-5-10-7/h2,8H,1,3-5H2. The molecule has 56 valence electrons. The number of ketones is 1. The molecule has 0 atom stereocenters. The molecule has 0 aliphatic carbocycles. The number of Topliss-reactive ketones (excluding diaryl/α,β-unsaturated/α-hetero) is 1. The van der Waals surface area contributed by atoms with Crippen LogP contribution in [0.1, 0.15) is 12.8 Å². The molecule has 0 radical (unpaired) electrons. The summed E-state index contributed by atoms with van der Waals surface area (Å²) in [5.74, 6) is 0.955. The Balaban J connectivity index is 2.11. The quantitative estimate of drug-likeness (QED) is 0.572. The molecule has 1 aliphatic rings. The van der Waals surface area contributed by atoms with Gasteiger partial charge in [-0.1, -0.05) is 0 Å². The lowest BCUT2D eigenvalue weighted by Crippen LogP contribution is -1.98. The molecule has 1 aliphatic heterocycles. The van der Waals surface area contributed by atoms with E-state index in [0.29, 0.717) is 13.0 Å². The highest BCUT2D eigenvalue weighted by Crippen LogP contribution is 2.14. The predicted octanol–water partition coefficient (Wildman–Crippen LogP) is 0.242. The topological polar surface area (TPSA) is 49.8 Å². The van der Waals surface area contributed by atoms with Crippen LogP contribution in [0.4, 0.5) is 0 Å². The van der Waals surface area contributed by atoms with Crippen molar-refractivity contribution >= 4 is 5.78 Å². The van der Waals surface area contributed by atoms with Crippen LogP contribution in [-0.4, -0.2) is 24.1 Å². The minimum Gasteiger partial charge on any atom is -0.487 e. The van der Waals surface area contributed by atoms with Crippen molar-refractivity contribution in [2.24, 2.45) is 0 Å². The average Bonchev–Trinajstić information content (AvgIpc) is 2.67. The number of rotatable bonds is 4. The van der Waals surface area contributed by atoms with Crippen molar-refractivity contribution in [3.8, 4) is 0 Å². The Bertz CT molecular complexity index is 154. The van der Waals surface area contributed by atoms with Crippen molar-refractivity contribution in [2.75, 3.05) is 13.2 Å². The van der Waals surface area contributed by atoms with Crippen LogP contribution < -0.4 is 0 Å². The summed E-state index contributed by atoms with van der Waals surface area (Å²) < 4.78 is 4.78. The third-order valence-electron chi connectivity index (χ3n) is 1.26. The molecule has 0 amide bonds. The van der Waals surface area contributed by atoms with E-state index in [4.69, 9.17) is 9.84 Å². The van der Waals surface area contributed by atoms with Crippen LogP contribution in [0.15, 0.2) is 11.8 Å². The summed E-state index contributed by atoms with van der Waals surface area (Å²) >= 11 is 0. The van der Waals surface area contributed by atoms with E-state index >= 15 is 0 Å². The van der Waals surface area contributed by atoms with Crippen molar-refractivity contribution in [1.29, 1.82) is 0 Å². The summed E-state index contributed by atoms with van der Waals surface area (Å²) in [6.07, 6.45) is 2.41. The number of allylic oxidation sites excluding steroid dienone is 1. The SMILES string of the molecule is O=C(CC=C1CO1)CCO. The minimum atomic E-state index is -0.0527. The van der Waals surface area contributed by atoms with E-state index in [1.54, 1.807) is 6.08 Å². The van der Waals surface area contributed by atoms with Crippen LogP contribution in [-0.2, 0) is 9.53 Å². The van der Waals surface area contributed by atoms with Crippen LogP contribution >= 0.6 is 0 Å². The second-order valence-corrected chi connectivity index (χ2v) is 2.18. The molecule has 1 N–H and O–H groups in total. The molecular formula is C7H10O3. The summed E-state index contributed by atoms with van der Waals surface area (Å²) in [5.41, 5.74) is 0. The van der Waals surface area contributed by atoms with Gasteiger partial charge in [0.05, 0.1) is 0 Å². The molecule has 0 spiro atoms. The average molecular weight is 142 g/mol. The summed E-state index contributed by atoms with van der Waals surface area (Å²) in [5, 5.41) is 8.34. The Morgan fingerprint density at radius 1 is 1.80 bits per heavy atom. The van der Waals surface area contributed by atoms with Crippen LogP contribution in [0.3, 0.4) is 0 Å². The molecule has 1 saturated heterocycles. The molecule has 0 aromatic heterocycles. The van der Waals surface area contributed by atoms with Gasteiger partial charge in [0, 0.05) is 19.4 Å². The summed E-state index contributed by atoms with van der Waals surface area (Å²) in [4.78, 5) is 10.7. The van der Waals surface area contributed by atoms with E-state index in [9.17, 15) is 4.79 Å². The molecule has 0 unspecified atom stereocenters. The lowest BCUT2D eigenvalue weighted by Gasteiger charge is -1.88. The number of aliphatic hydroxyl groups excluding tert-OH is 1. The van der Waals surface area contributed by atoms with Gasteiger partial charge in [-0.15, -0.1) is 0 Å². The third-order valence-corrected chi connectivity index (χ3v) is 1.26. The Morgan fingerprint density at radius 3 is 3.00 bits per heavy atom. The van der Waals surface area contributed by atoms with Crippen molar-refractivity contribution in [1.82, 2.24) is 0 Å². The van der Waals surface area contributed by atoms with Gasteiger partial charge in [-0.25, -0.2) is 0 Å². The summed E-state index contributed by atoms with van der Waals surface area (Å²) in [7, 11) is 0. The van der Waals surface area contributed by atoms with Gasteiger partial charge in [0.25, 0.3) is 0 Å². The van der Waals surface area contributed by atoms with E-state index in [0.717, 1.165) is 5.76 Å². The van der Waals surface area contributed by atoms with Crippen LogP contribution in [0, 0.1) is 0 Å². The van der Waals surface area contributed by atoms with Crippen LogP contribution in [0.25, 0.3) is 0 Å². The zero-order valence-electron chi connectivity index (χ0n) is 5.67. The fourth-order valence-electron chi connectivity index (χ4n) is 0.614. The number of aliphatic hydroxyl groups is 1. The number of hydrogen-bond donors (Lipinski definition) is 1. The molecule has 3 nitrogen and oxygen atoms in total. The van der Waals surface area contributed by atoms with Gasteiger partial charge in [0.1, 0.15) is 18.1 Å². The number of carbonyl (C=O) groups excluding carboxylic acids is 1. The lowest BCUT2D eigenvalue weighted by atomic mass is 10.2. The molecule has 1 heterocycles. The highest BCUT2D eigenvalue weighted by molar-refractivity contribution is 5.79. The zero-order valence-corrected chi connectivity index (χ0v) is 5.67. The highest BCUT2D eigenvalue weighted by atomic mass is 16.6. The Kier molecular flexibility index (Phi) is 2.45. The molecule has 0 bridgehead atoms. The maximum Gasteiger partial charge on any atom is 0.145 e. The first kappa shape index (κ1) is 7.28. The fourth-order valence-corrected chi connectivity index (χ4v) is 0.614. The van der Waals surface area contributed by atoms with E-state index in [1.807, 2.05) is 0 Å². The smallest absolute Gasteiger partial charge is 0.145 e. The van der Waals surface area contributed by atoms with E-state index in [-0.39, 0.29) is 18.8 Å². The minimum absolute atomic E-state index is 0.0527. The van der Waals surface area contributed by atoms with Crippen molar-refractivity contribution in [3.63, 3.8) is 0 Å². The van der Waals surface area contributed by atoms with Crippen molar-refractivity contribution in [2.45, 2.75) is 12.8 Å². The molecule has 3 heteroatoms. The molecule has 1 rings (SSSR count). The monoisotopic (exact) mass is 142 g/mol. The predicted molar refractivity (Wildman–Crippen MR) is 35.4 cm³/mol. The third kappa shape index (κ3) is 2.64. The Labute approximate surface area is 59.3 Å². The van der Waals surface area contributed by atoms with Gasteiger partial charge < -0.3 is 9.84 Å². The second-order valence-electron chi connectivity index (χ2n) is 2.18. The zero-order chi connectivity index (χ0) is 7.40. The molecular weight excluding hydrogens is 132 g/mol. The molecule has 0 aromatic rings. The second kappa shape index (κ2) is 3.37. The largest absolute Gasteiger partial charge is 0.487 e.